The summed E-state index contributed by atoms with van der Waals surface area (Å²) in [5, 5.41) is 5.65. The highest BCUT2D eigenvalue weighted by molar-refractivity contribution is 5.99. The van der Waals surface area contributed by atoms with Crippen molar-refractivity contribution >= 4 is 29.0 Å². The van der Waals surface area contributed by atoms with Gasteiger partial charge in [0.1, 0.15) is 18.0 Å². The molecule has 0 spiro atoms. The van der Waals surface area contributed by atoms with Crippen molar-refractivity contribution in [2.24, 2.45) is 0 Å². The van der Waals surface area contributed by atoms with Crippen LogP contribution in [0.25, 0.3) is 0 Å². The van der Waals surface area contributed by atoms with Crippen molar-refractivity contribution in [2.75, 3.05) is 46.6 Å². The Hall–Kier alpha value is -3.61. The van der Waals surface area contributed by atoms with E-state index in [1.165, 1.54) is 17.6 Å². The Morgan fingerprint density at radius 2 is 1.55 bits per heavy atom. The maximum Gasteiger partial charge on any atom is 0.324 e. The largest absolute Gasteiger partial charge is 0.368 e. The molecule has 1 fully saturated rings. The van der Waals surface area contributed by atoms with E-state index in [1.807, 2.05) is 36.4 Å². The number of para-hydroxylation sites is 1. The maximum absolute atomic E-state index is 12.4. The molecule has 0 saturated carbocycles. The third-order valence-corrected chi connectivity index (χ3v) is 5.45. The zero-order valence-corrected chi connectivity index (χ0v) is 18.0. The number of nitrogens with zero attached hydrogens (tertiary/aromatic N) is 4. The molecule has 0 atom stereocenters. The molecule has 0 radical (unpaired) electrons. The Kier molecular flexibility index (Phi) is 6.31. The summed E-state index contributed by atoms with van der Waals surface area (Å²) in [5.41, 5.74) is 3.22. The van der Waals surface area contributed by atoms with Gasteiger partial charge in [0.15, 0.2) is 0 Å². The molecule has 160 valence electrons. The lowest BCUT2D eigenvalue weighted by Crippen LogP contribution is -2.46. The number of carbonyl (C=O) groups is 1. The first kappa shape index (κ1) is 20.7. The van der Waals surface area contributed by atoms with Crippen LogP contribution in [0.3, 0.4) is 0 Å². The normalized spacial score (nSPS) is 13.9. The molecule has 31 heavy (non-hydrogen) atoms. The Morgan fingerprint density at radius 3 is 2.23 bits per heavy atom. The van der Waals surface area contributed by atoms with E-state index in [-0.39, 0.29) is 6.03 Å². The van der Waals surface area contributed by atoms with E-state index in [4.69, 9.17) is 0 Å². The number of piperazine rings is 1. The number of amides is 2. The average Bonchev–Trinajstić information content (AvgIpc) is 2.80. The molecule has 1 saturated heterocycles. The number of anilines is 4. The quantitative estimate of drug-likeness (QED) is 0.637. The Labute approximate surface area is 183 Å². The summed E-state index contributed by atoms with van der Waals surface area (Å²) in [6, 6.07) is 19.8. The fourth-order valence-electron chi connectivity index (χ4n) is 3.65. The van der Waals surface area contributed by atoms with E-state index in [1.54, 1.807) is 0 Å². The lowest BCUT2D eigenvalue weighted by atomic mass is 10.0. The van der Waals surface area contributed by atoms with Gasteiger partial charge < -0.3 is 15.1 Å². The summed E-state index contributed by atoms with van der Waals surface area (Å²) in [6.45, 7) is 7.85. The predicted molar refractivity (Wildman–Crippen MR) is 126 cm³/mol. The molecule has 7 heteroatoms. The van der Waals surface area contributed by atoms with Crippen molar-refractivity contribution < 1.29 is 4.79 Å². The zero-order valence-electron chi connectivity index (χ0n) is 18.0. The van der Waals surface area contributed by atoms with Gasteiger partial charge in [-0.3, -0.25) is 5.32 Å². The number of benzene rings is 2. The first-order valence-corrected chi connectivity index (χ1v) is 10.6. The summed E-state index contributed by atoms with van der Waals surface area (Å²) in [4.78, 5) is 25.6. The molecule has 0 bridgehead atoms. The monoisotopic (exact) mass is 416 g/mol. The third-order valence-electron chi connectivity index (χ3n) is 5.45. The van der Waals surface area contributed by atoms with Crippen LogP contribution in [0.5, 0.6) is 0 Å². The van der Waals surface area contributed by atoms with Crippen LogP contribution in [0, 0.1) is 0 Å². The number of nitrogens with one attached hydrogen (secondary N) is 2. The Balaban J connectivity index is 1.33. The molecule has 4 rings (SSSR count). The first-order valence-electron chi connectivity index (χ1n) is 10.6. The van der Waals surface area contributed by atoms with Gasteiger partial charge in [0, 0.05) is 43.6 Å². The average molecular weight is 417 g/mol. The van der Waals surface area contributed by atoms with Crippen LogP contribution in [0.4, 0.5) is 27.8 Å². The number of hydrogen-bond donors (Lipinski definition) is 2. The highest BCUT2D eigenvalue weighted by atomic mass is 16.2. The zero-order chi connectivity index (χ0) is 21.6. The van der Waals surface area contributed by atoms with E-state index in [9.17, 15) is 4.79 Å². The van der Waals surface area contributed by atoms with E-state index in [0.29, 0.717) is 11.7 Å². The number of urea groups is 1. The number of carbonyl (C=O) groups excluding carboxylic acids is 1. The van der Waals surface area contributed by atoms with Gasteiger partial charge in [-0.05, 0) is 35.7 Å². The van der Waals surface area contributed by atoms with Crippen molar-refractivity contribution in [3.05, 3.63) is 72.6 Å². The Morgan fingerprint density at radius 1 is 0.871 bits per heavy atom. The van der Waals surface area contributed by atoms with Gasteiger partial charge in [-0.15, -0.1) is 0 Å². The van der Waals surface area contributed by atoms with Crippen molar-refractivity contribution in [2.45, 2.75) is 19.8 Å². The molecular formula is C24H28N6O. The van der Waals surface area contributed by atoms with Gasteiger partial charge in [0.05, 0.1) is 0 Å². The van der Waals surface area contributed by atoms with Crippen molar-refractivity contribution in [3.8, 4) is 0 Å². The molecule has 1 aliphatic rings. The molecule has 2 heterocycles. The lowest BCUT2D eigenvalue weighted by molar-refractivity contribution is 0.262. The number of hydrogen-bond acceptors (Lipinski definition) is 5. The molecule has 2 aromatic carbocycles. The van der Waals surface area contributed by atoms with Gasteiger partial charge in [-0.1, -0.05) is 44.2 Å². The van der Waals surface area contributed by atoms with Crippen molar-refractivity contribution in [3.63, 3.8) is 0 Å². The first-order chi connectivity index (χ1) is 15.1. The van der Waals surface area contributed by atoms with Gasteiger partial charge >= 0.3 is 6.03 Å². The van der Waals surface area contributed by atoms with E-state index in [2.05, 4.69) is 68.5 Å². The van der Waals surface area contributed by atoms with E-state index >= 15 is 0 Å². The summed E-state index contributed by atoms with van der Waals surface area (Å²) >= 11 is 0. The SMILES string of the molecule is CC(C)c1ccc(NC(=O)Nc2cc(N3CCN(c4ccccc4)CC3)ncn2)cc1. The second-order valence-corrected chi connectivity index (χ2v) is 7.93. The number of rotatable bonds is 5. The second kappa shape index (κ2) is 9.47. The van der Waals surface area contributed by atoms with Crippen LogP contribution in [-0.2, 0) is 0 Å². The molecule has 2 amide bonds. The van der Waals surface area contributed by atoms with Gasteiger partial charge in [-0.2, -0.15) is 0 Å². The highest BCUT2D eigenvalue weighted by Gasteiger charge is 2.19. The maximum atomic E-state index is 12.4. The van der Waals surface area contributed by atoms with Crippen LogP contribution in [0.1, 0.15) is 25.3 Å². The fourth-order valence-corrected chi connectivity index (χ4v) is 3.65. The topological polar surface area (TPSA) is 73.4 Å². The summed E-state index contributed by atoms with van der Waals surface area (Å²) in [7, 11) is 0. The molecule has 1 aromatic heterocycles. The molecule has 1 aliphatic heterocycles. The third kappa shape index (κ3) is 5.31. The highest BCUT2D eigenvalue weighted by Crippen LogP contribution is 2.21. The minimum Gasteiger partial charge on any atom is -0.368 e. The standard InChI is InChI=1S/C24H28N6O/c1-18(2)19-8-10-20(11-9-19)27-24(31)28-22-16-23(26-17-25-22)30-14-12-29(13-15-30)21-6-4-3-5-7-21/h3-11,16-18H,12-15H2,1-2H3,(H2,25,26,27,28,31). The lowest BCUT2D eigenvalue weighted by Gasteiger charge is -2.36. The molecule has 3 aromatic rings. The summed E-state index contributed by atoms with van der Waals surface area (Å²) in [5.74, 6) is 1.75. The summed E-state index contributed by atoms with van der Waals surface area (Å²) in [6.07, 6.45) is 1.49. The molecule has 2 N–H and O–H groups in total. The molecule has 0 aliphatic carbocycles. The fraction of sp³-hybridized carbons (Fsp3) is 0.292. The van der Waals surface area contributed by atoms with Crippen LogP contribution in [-0.4, -0.2) is 42.2 Å². The molecule has 7 nitrogen and oxygen atoms in total. The van der Waals surface area contributed by atoms with Crippen LogP contribution < -0.4 is 20.4 Å². The minimum absolute atomic E-state index is 0.323. The van der Waals surface area contributed by atoms with Crippen molar-refractivity contribution in [1.82, 2.24) is 9.97 Å². The Bertz CT molecular complexity index is 998. The minimum atomic E-state index is -0.323. The van der Waals surface area contributed by atoms with Gasteiger partial charge in [0.2, 0.25) is 0 Å². The van der Waals surface area contributed by atoms with E-state index in [0.717, 1.165) is 37.7 Å². The van der Waals surface area contributed by atoms with Gasteiger partial charge in [-0.25, -0.2) is 14.8 Å². The van der Waals surface area contributed by atoms with Crippen LogP contribution >= 0.6 is 0 Å². The van der Waals surface area contributed by atoms with E-state index < -0.39 is 0 Å². The molecule has 0 unspecified atom stereocenters. The molecular weight excluding hydrogens is 388 g/mol. The van der Waals surface area contributed by atoms with Gasteiger partial charge in [0.25, 0.3) is 0 Å². The smallest absolute Gasteiger partial charge is 0.324 e. The summed E-state index contributed by atoms with van der Waals surface area (Å²) < 4.78 is 0. The number of aromatic nitrogens is 2. The predicted octanol–water partition coefficient (Wildman–Crippen LogP) is 4.57. The van der Waals surface area contributed by atoms with Crippen LogP contribution in [0.2, 0.25) is 0 Å². The van der Waals surface area contributed by atoms with Crippen molar-refractivity contribution in [1.29, 1.82) is 0 Å². The van der Waals surface area contributed by atoms with Crippen LogP contribution in [0.15, 0.2) is 67.0 Å². The second-order valence-electron chi connectivity index (χ2n) is 7.93.